The summed E-state index contributed by atoms with van der Waals surface area (Å²) in [6, 6.07) is 2.93. The van der Waals surface area contributed by atoms with E-state index in [1.54, 1.807) is 0 Å². The highest BCUT2D eigenvalue weighted by Gasteiger charge is 2.45. The standard InChI is InChI=1S/C9H18OSi/c1-9-5-6-10-11(9)7-3-2-4-8-11/h9H,2-8H2,1H3. The smallest absolute Gasteiger partial charge is 0.195 e. The van der Waals surface area contributed by atoms with Crippen LogP contribution in [0.3, 0.4) is 0 Å². The average Bonchev–Trinajstić information content (AvgIpc) is 2.36. The molecule has 2 saturated heterocycles. The Morgan fingerprint density at radius 2 is 1.91 bits per heavy atom. The molecule has 1 unspecified atom stereocenters. The molecule has 1 atom stereocenters. The van der Waals surface area contributed by atoms with E-state index in [0.717, 1.165) is 12.1 Å². The van der Waals surface area contributed by atoms with Gasteiger partial charge in [0.15, 0.2) is 8.32 Å². The predicted octanol–water partition coefficient (Wildman–Crippen LogP) is 2.93. The topological polar surface area (TPSA) is 9.23 Å². The molecular formula is C9H18OSi. The lowest BCUT2D eigenvalue weighted by Gasteiger charge is -2.33. The van der Waals surface area contributed by atoms with E-state index in [1.165, 1.54) is 37.8 Å². The van der Waals surface area contributed by atoms with Gasteiger partial charge in [-0.1, -0.05) is 26.2 Å². The Hall–Kier alpha value is 0.177. The highest BCUT2D eigenvalue weighted by Crippen LogP contribution is 2.43. The minimum Gasteiger partial charge on any atom is -0.417 e. The Morgan fingerprint density at radius 1 is 1.18 bits per heavy atom. The summed E-state index contributed by atoms with van der Waals surface area (Å²) >= 11 is 0. The lowest BCUT2D eigenvalue weighted by Crippen LogP contribution is -2.39. The molecule has 11 heavy (non-hydrogen) atoms. The summed E-state index contributed by atoms with van der Waals surface area (Å²) in [5.74, 6) is 0. The molecule has 64 valence electrons. The molecule has 0 radical (unpaired) electrons. The van der Waals surface area contributed by atoms with Gasteiger partial charge in [0.25, 0.3) is 0 Å². The van der Waals surface area contributed by atoms with E-state index in [-0.39, 0.29) is 0 Å². The van der Waals surface area contributed by atoms with Crippen LogP contribution in [0.1, 0.15) is 32.6 Å². The molecule has 0 aromatic carbocycles. The molecule has 0 aliphatic carbocycles. The van der Waals surface area contributed by atoms with Crippen LogP contribution in [0.5, 0.6) is 0 Å². The molecule has 2 aliphatic rings. The lowest BCUT2D eigenvalue weighted by atomic mass is 10.3. The van der Waals surface area contributed by atoms with Crippen LogP contribution < -0.4 is 0 Å². The molecule has 0 saturated carbocycles. The van der Waals surface area contributed by atoms with E-state index in [4.69, 9.17) is 4.43 Å². The number of hydrogen-bond acceptors (Lipinski definition) is 1. The first kappa shape index (κ1) is 7.81. The second-order valence-electron chi connectivity index (χ2n) is 4.16. The van der Waals surface area contributed by atoms with Crippen LogP contribution in [-0.4, -0.2) is 14.9 Å². The summed E-state index contributed by atoms with van der Waals surface area (Å²) in [7, 11) is -1.12. The zero-order valence-electron chi connectivity index (χ0n) is 7.44. The van der Waals surface area contributed by atoms with Gasteiger partial charge in [0.05, 0.1) is 0 Å². The Balaban J connectivity index is 2.06. The maximum Gasteiger partial charge on any atom is 0.195 e. The van der Waals surface area contributed by atoms with E-state index in [0.29, 0.717) is 0 Å². The Kier molecular flexibility index (Phi) is 2.06. The van der Waals surface area contributed by atoms with Crippen molar-refractivity contribution in [3.05, 3.63) is 0 Å². The maximum atomic E-state index is 6.03. The van der Waals surface area contributed by atoms with Crippen molar-refractivity contribution in [1.29, 1.82) is 0 Å². The van der Waals surface area contributed by atoms with Crippen molar-refractivity contribution in [2.45, 2.75) is 50.2 Å². The van der Waals surface area contributed by atoms with Crippen LogP contribution in [0.2, 0.25) is 17.6 Å². The maximum absolute atomic E-state index is 6.03. The van der Waals surface area contributed by atoms with Crippen molar-refractivity contribution in [2.24, 2.45) is 0 Å². The second kappa shape index (κ2) is 2.90. The average molecular weight is 170 g/mol. The molecule has 2 rings (SSSR count). The van der Waals surface area contributed by atoms with Gasteiger partial charge in [-0.25, -0.2) is 0 Å². The summed E-state index contributed by atoms with van der Waals surface area (Å²) in [6.45, 7) is 3.50. The van der Waals surface area contributed by atoms with Crippen molar-refractivity contribution < 1.29 is 4.43 Å². The Morgan fingerprint density at radius 3 is 2.45 bits per heavy atom. The van der Waals surface area contributed by atoms with E-state index in [1.807, 2.05) is 0 Å². The first-order chi connectivity index (χ1) is 5.33. The third kappa shape index (κ3) is 1.27. The summed E-state index contributed by atoms with van der Waals surface area (Å²) in [6.07, 6.45) is 5.73. The van der Waals surface area contributed by atoms with Crippen LogP contribution in [0, 0.1) is 0 Å². The molecule has 2 fully saturated rings. The van der Waals surface area contributed by atoms with Gasteiger partial charge in [-0.05, 0) is 24.1 Å². The van der Waals surface area contributed by atoms with Gasteiger partial charge in [0.2, 0.25) is 0 Å². The fourth-order valence-electron chi connectivity index (χ4n) is 2.63. The summed E-state index contributed by atoms with van der Waals surface area (Å²) < 4.78 is 6.03. The molecule has 2 aliphatic heterocycles. The van der Waals surface area contributed by atoms with Crippen LogP contribution in [0.4, 0.5) is 0 Å². The monoisotopic (exact) mass is 170 g/mol. The molecule has 0 amide bonds. The molecule has 2 heterocycles. The van der Waals surface area contributed by atoms with Crippen LogP contribution in [0.25, 0.3) is 0 Å². The van der Waals surface area contributed by atoms with Crippen molar-refractivity contribution in [3.8, 4) is 0 Å². The fourth-order valence-corrected chi connectivity index (χ4v) is 7.31. The molecule has 1 spiro atoms. The normalized spacial score (nSPS) is 36.3. The quantitative estimate of drug-likeness (QED) is 0.508. The Labute approximate surface area is 70.3 Å². The van der Waals surface area contributed by atoms with Gasteiger partial charge in [-0.15, -0.1) is 0 Å². The number of rotatable bonds is 0. The predicted molar refractivity (Wildman–Crippen MR) is 49.2 cm³/mol. The first-order valence-electron chi connectivity index (χ1n) is 4.97. The third-order valence-electron chi connectivity index (χ3n) is 3.54. The van der Waals surface area contributed by atoms with Crippen molar-refractivity contribution >= 4 is 8.32 Å². The van der Waals surface area contributed by atoms with Crippen molar-refractivity contribution in [2.75, 3.05) is 6.61 Å². The largest absolute Gasteiger partial charge is 0.417 e. The van der Waals surface area contributed by atoms with Crippen LogP contribution in [-0.2, 0) is 4.43 Å². The minimum absolute atomic E-state index is 0.961. The van der Waals surface area contributed by atoms with E-state index >= 15 is 0 Å². The second-order valence-corrected chi connectivity index (χ2v) is 8.57. The van der Waals surface area contributed by atoms with E-state index < -0.39 is 8.32 Å². The molecule has 0 bridgehead atoms. The van der Waals surface area contributed by atoms with Gasteiger partial charge in [0, 0.05) is 6.61 Å². The van der Waals surface area contributed by atoms with E-state index in [2.05, 4.69) is 6.92 Å². The SMILES string of the molecule is CC1CCO[Si]12CCCCC2. The molecule has 2 heteroatoms. The lowest BCUT2D eigenvalue weighted by molar-refractivity contribution is 0.334. The van der Waals surface area contributed by atoms with Gasteiger partial charge < -0.3 is 4.43 Å². The van der Waals surface area contributed by atoms with Gasteiger partial charge in [0.1, 0.15) is 0 Å². The van der Waals surface area contributed by atoms with Crippen LogP contribution >= 0.6 is 0 Å². The van der Waals surface area contributed by atoms with E-state index in [9.17, 15) is 0 Å². The molecule has 0 aromatic rings. The number of hydrogen-bond donors (Lipinski definition) is 0. The molecule has 1 nitrogen and oxygen atoms in total. The third-order valence-corrected chi connectivity index (χ3v) is 8.80. The summed E-state index contributed by atoms with van der Waals surface area (Å²) in [5.41, 5.74) is 0.961. The zero-order chi connectivity index (χ0) is 7.73. The Bertz CT molecular complexity index is 140. The van der Waals surface area contributed by atoms with Gasteiger partial charge >= 0.3 is 0 Å². The molecule has 0 N–H and O–H groups in total. The summed E-state index contributed by atoms with van der Waals surface area (Å²) in [5, 5.41) is 0. The molecular weight excluding hydrogens is 152 g/mol. The minimum atomic E-state index is -1.12. The van der Waals surface area contributed by atoms with Crippen molar-refractivity contribution in [3.63, 3.8) is 0 Å². The molecule has 0 aromatic heterocycles. The fraction of sp³-hybridized carbons (Fsp3) is 1.00. The van der Waals surface area contributed by atoms with Crippen LogP contribution in [0.15, 0.2) is 0 Å². The van der Waals surface area contributed by atoms with Crippen molar-refractivity contribution in [1.82, 2.24) is 0 Å². The van der Waals surface area contributed by atoms with Gasteiger partial charge in [-0.3, -0.25) is 0 Å². The highest BCUT2D eigenvalue weighted by atomic mass is 28.4. The highest BCUT2D eigenvalue weighted by molar-refractivity contribution is 6.75. The zero-order valence-corrected chi connectivity index (χ0v) is 8.44. The van der Waals surface area contributed by atoms with Gasteiger partial charge in [-0.2, -0.15) is 0 Å². The first-order valence-corrected chi connectivity index (χ1v) is 7.37. The summed E-state index contributed by atoms with van der Waals surface area (Å²) in [4.78, 5) is 0.